The molecule has 0 aliphatic heterocycles. The van der Waals surface area contributed by atoms with Gasteiger partial charge in [-0.05, 0) is 0 Å². The van der Waals surface area contributed by atoms with Gasteiger partial charge in [0.05, 0.1) is 5.69 Å². The first-order chi connectivity index (χ1) is 10.9. The normalized spacial score (nSPS) is 11.9. The van der Waals surface area contributed by atoms with Crippen molar-refractivity contribution >= 4 is 46.1 Å². The zero-order valence-electron chi connectivity index (χ0n) is 12.8. The molecule has 0 fully saturated rings. The van der Waals surface area contributed by atoms with Crippen molar-refractivity contribution in [3.8, 4) is 6.19 Å². The van der Waals surface area contributed by atoms with Crippen molar-refractivity contribution < 1.29 is 4.79 Å². The first kappa shape index (κ1) is 18.7. The fourth-order valence-corrected chi connectivity index (χ4v) is 3.09. The number of anilines is 1. The monoisotopic (exact) mass is 354 g/mol. The molecule has 124 valence electrons. The van der Waals surface area contributed by atoms with Crippen molar-refractivity contribution in [3.05, 3.63) is 11.1 Å². The predicted octanol–water partition coefficient (Wildman–Crippen LogP) is 0.377. The highest BCUT2D eigenvalue weighted by Crippen LogP contribution is 2.19. The van der Waals surface area contributed by atoms with Gasteiger partial charge in [0.1, 0.15) is 0 Å². The molecule has 1 rings (SSSR count). The maximum Gasteiger partial charge on any atom is 0.245 e. The lowest BCUT2D eigenvalue weighted by Crippen LogP contribution is -2.35. The third kappa shape index (κ3) is 7.48. The number of hydrogen-bond acceptors (Lipinski definition) is 6. The Kier molecular flexibility index (Phi) is 7.86. The number of thiazole rings is 1. The summed E-state index contributed by atoms with van der Waals surface area (Å²) in [6, 6.07) is 0. The molecule has 0 aromatic carbocycles. The molecular formula is C12H18N8OS2. The molecule has 0 radical (unpaired) electrons. The summed E-state index contributed by atoms with van der Waals surface area (Å²) in [6.45, 7) is 2.00. The molecule has 23 heavy (non-hydrogen) atoms. The van der Waals surface area contributed by atoms with Gasteiger partial charge in [-0.25, -0.2) is 4.98 Å². The van der Waals surface area contributed by atoms with Crippen LogP contribution in [0.3, 0.4) is 0 Å². The minimum absolute atomic E-state index is 0.0277. The van der Waals surface area contributed by atoms with Crippen molar-refractivity contribution in [3.63, 3.8) is 0 Å². The molecule has 0 atom stereocenters. The molecule has 1 amide bonds. The predicted molar refractivity (Wildman–Crippen MR) is 94.1 cm³/mol. The number of carbonyl (C=O) groups is 1. The number of rotatable bonds is 6. The summed E-state index contributed by atoms with van der Waals surface area (Å²) in [5.74, 6) is 1.40. The van der Waals surface area contributed by atoms with Crippen LogP contribution >= 0.6 is 23.1 Å². The Morgan fingerprint density at radius 2 is 2.35 bits per heavy atom. The van der Waals surface area contributed by atoms with Crippen molar-refractivity contribution in [2.75, 3.05) is 24.7 Å². The number of amides is 1. The maximum atomic E-state index is 10.8. The van der Waals surface area contributed by atoms with Crippen LogP contribution in [0.15, 0.2) is 15.4 Å². The Labute approximate surface area is 142 Å². The molecule has 11 heteroatoms. The highest BCUT2D eigenvalue weighted by atomic mass is 32.2. The van der Waals surface area contributed by atoms with Crippen molar-refractivity contribution in [1.29, 1.82) is 5.26 Å². The lowest BCUT2D eigenvalue weighted by Gasteiger charge is -2.15. The molecule has 5 N–H and O–H groups in total. The quantitative estimate of drug-likeness (QED) is 0.287. The van der Waals surface area contributed by atoms with E-state index in [1.807, 2.05) is 5.38 Å². The van der Waals surface area contributed by atoms with Crippen molar-refractivity contribution in [1.82, 2.24) is 9.88 Å². The van der Waals surface area contributed by atoms with Gasteiger partial charge in [0.15, 0.2) is 5.13 Å². The van der Waals surface area contributed by atoms with E-state index in [0.717, 1.165) is 17.2 Å². The zero-order valence-corrected chi connectivity index (χ0v) is 14.4. The number of guanidine groups is 2. The van der Waals surface area contributed by atoms with Crippen LogP contribution in [0.5, 0.6) is 0 Å². The van der Waals surface area contributed by atoms with Crippen LogP contribution in [0.2, 0.25) is 0 Å². The molecule has 0 saturated heterocycles. The van der Waals surface area contributed by atoms with Gasteiger partial charge in [-0.15, -0.1) is 16.3 Å². The summed E-state index contributed by atoms with van der Waals surface area (Å²) < 4.78 is 0. The topological polar surface area (TPSA) is 146 Å². The number of hydrogen-bond donors (Lipinski definition) is 3. The van der Waals surface area contributed by atoms with Gasteiger partial charge < -0.3 is 21.7 Å². The lowest BCUT2D eigenvalue weighted by atomic mass is 10.6. The van der Waals surface area contributed by atoms with Gasteiger partial charge in [-0.2, -0.15) is 22.0 Å². The highest BCUT2D eigenvalue weighted by molar-refractivity contribution is 7.98. The molecule has 0 aliphatic rings. The number of carbonyl (C=O) groups excluding carboxylic acids is 1. The smallest absolute Gasteiger partial charge is 0.245 e. The Bertz CT molecular complexity index is 633. The summed E-state index contributed by atoms with van der Waals surface area (Å²) in [5, 5.41) is 13.7. The molecule has 0 bridgehead atoms. The van der Waals surface area contributed by atoms with E-state index >= 15 is 0 Å². The molecule has 1 aromatic heterocycles. The molecule has 0 aliphatic carbocycles. The number of aliphatic imine (C=N–C) groups is 2. The zero-order chi connectivity index (χ0) is 17.2. The van der Waals surface area contributed by atoms with Crippen molar-refractivity contribution in [2.24, 2.45) is 21.5 Å². The van der Waals surface area contributed by atoms with E-state index in [4.69, 9.17) is 16.7 Å². The third-order valence-corrected chi connectivity index (χ3v) is 4.22. The first-order valence-electron chi connectivity index (χ1n) is 6.49. The third-order valence-electron chi connectivity index (χ3n) is 2.44. The highest BCUT2D eigenvalue weighted by Gasteiger charge is 2.05. The fourth-order valence-electron chi connectivity index (χ4n) is 1.37. The van der Waals surface area contributed by atoms with Crippen LogP contribution in [0.4, 0.5) is 5.13 Å². The van der Waals surface area contributed by atoms with Crippen LogP contribution in [-0.2, 0) is 10.5 Å². The van der Waals surface area contributed by atoms with Gasteiger partial charge in [0, 0.05) is 37.4 Å². The summed E-state index contributed by atoms with van der Waals surface area (Å²) in [4.78, 5) is 23.9. The number of nitrogens with two attached hydrogens (primary N) is 2. The number of thioether (sulfide) groups is 1. The van der Waals surface area contributed by atoms with E-state index < -0.39 is 0 Å². The molecular weight excluding hydrogens is 336 g/mol. The maximum absolute atomic E-state index is 10.8. The van der Waals surface area contributed by atoms with E-state index in [2.05, 4.69) is 20.3 Å². The van der Waals surface area contributed by atoms with Gasteiger partial charge in [0.2, 0.25) is 24.0 Å². The number of nitrogens with zero attached hydrogens (tertiary/aromatic N) is 5. The van der Waals surface area contributed by atoms with E-state index in [1.165, 1.54) is 18.3 Å². The van der Waals surface area contributed by atoms with Gasteiger partial charge in [0.25, 0.3) is 0 Å². The Balaban J connectivity index is 2.36. The van der Waals surface area contributed by atoms with Crippen LogP contribution < -0.4 is 16.8 Å². The summed E-state index contributed by atoms with van der Waals surface area (Å²) in [7, 11) is 1.78. The Morgan fingerprint density at radius 3 is 3.00 bits per heavy atom. The van der Waals surface area contributed by atoms with Crippen LogP contribution in [-0.4, -0.2) is 47.1 Å². The summed E-state index contributed by atoms with van der Waals surface area (Å²) >= 11 is 3.07. The van der Waals surface area contributed by atoms with Gasteiger partial charge >= 0.3 is 0 Å². The summed E-state index contributed by atoms with van der Waals surface area (Å²) in [6.07, 6.45) is 1.65. The molecule has 0 saturated carbocycles. The first-order valence-corrected chi connectivity index (χ1v) is 8.53. The van der Waals surface area contributed by atoms with Crippen molar-refractivity contribution in [2.45, 2.75) is 12.7 Å². The van der Waals surface area contributed by atoms with E-state index in [0.29, 0.717) is 11.7 Å². The second-order valence-electron chi connectivity index (χ2n) is 4.33. The molecule has 9 nitrogen and oxygen atoms in total. The Morgan fingerprint density at radius 1 is 1.61 bits per heavy atom. The van der Waals surface area contributed by atoms with Crippen LogP contribution in [0.1, 0.15) is 12.6 Å². The van der Waals surface area contributed by atoms with Crippen LogP contribution in [0.25, 0.3) is 0 Å². The molecule has 1 heterocycles. The van der Waals surface area contributed by atoms with E-state index in [-0.39, 0.29) is 17.8 Å². The molecule has 0 unspecified atom stereocenters. The number of nitrogens with one attached hydrogen (secondary N) is 1. The fraction of sp³-hybridized carbons (Fsp3) is 0.417. The second-order valence-corrected chi connectivity index (χ2v) is 6.29. The molecule has 1 aromatic rings. The lowest BCUT2D eigenvalue weighted by molar-refractivity contribution is -0.115. The summed E-state index contributed by atoms with van der Waals surface area (Å²) in [5.41, 5.74) is 12.0. The standard InChI is InChI=1S/C12H18N8OS2/c1-8(21)17-10(14)19-12-18-9(6-23-12)5-22-4-3-20(2)11(15)16-7-13/h6H,3-5H2,1-2H3,(H2,15,16)(H3,14,17,18,19,21). The average molecular weight is 354 g/mol. The van der Waals surface area contributed by atoms with Crippen LogP contribution in [0, 0.1) is 11.5 Å². The van der Waals surface area contributed by atoms with E-state index in [1.54, 1.807) is 29.9 Å². The minimum atomic E-state index is -0.370. The minimum Gasteiger partial charge on any atom is -0.369 e. The van der Waals surface area contributed by atoms with Gasteiger partial charge in [-0.3, -0.25) is 4.79 Å². The van der Waals surface area contributed by atoms with E-state index in [9.17, 15) is 4.79 Å². The van der Waals surface area contributed by atoms with Gasteiger partial charge in [-0.1, -0.05) is 0 Å². The largest absolute Gasteiger partial charge is 0.369 e. The number of aromatic nitrogens is 1. The second kappa shape index (κ2) is 9.65. The molecule has 0 spiro atoms. The average Bonchev–Trinajstić information content (AvgIpc) is 2.90. The Hall–Kier alpha value is -2.32. The SMILES string of the molecule is CC(=O)N=C(N)Nc1nc(CSCCN(C)C(N)=NC#N)cs1. The number of nitriles is 1.